The van der Waals surface area contributed by atoms with Crippen LogP contribution in [0.5, 0.6) is 0 Å². The van der Waals surface area contributed by atoms with Crippen molar-refractivity contribution in [2.24, 2.45) is 0 Å². The average molecular weight is 148 g/mol. The molecule has 0 atom stereocenters. The second-order valence-electron chi connectivity index (χ2n) is 0.761. The monoisotopic (exact) mass is 148 g/mol. The first-order chi connectivity index (χ1) is 2.91. The van der Waals surface area contributed by atoms with E-state index in [1.165, 1.54) is 0 Å². The zero-order valence-corrected chi connectivity index (χ0v) is 7.99. The van der Waals surface area contributed by atoms with Crippen molar-refractivity contribution in [2.75, 3.05) is 20.0 Å². The van der Waals surface area contributed by atoms with Crippen molar-refractivity contribution in [3.05, 3.63) is 0 Å². The Morgan fingerprint density at radius 2 is 1.75 bits per heavy atom. The fourth-order valence-corrected chi connectivity index (χ4v) is 0.129. The van der Waals surface area contributed by atoms with Crippen molar-refractivity contribution in [3.63, 3.8) is 0 Å². The second kappa shape index (κ2) is 15.8. The van der Waals surface area contributed by atoms with Crippen LogP contribution in [0.15, 0.2) is 0 Å². The third-order valence-electron chi connectivity index (χ3n) is 0.327. The Hall–Kier alpha value is 1.48. The maximum Gasteiger partial charge on any atom is 1.00 e. The largest absolute Gasteiger partial charge is 1.00 e. The summed E-state index contributed by atoms with van der Waals surface area (Å²) < 4.78 is 4.29. The van der Waals surface area contributed by atoms with Gasteiger partial charge >= 0.3 is 51.4 Å². The van der Waals surface area contributed by atoms with Gasteiger partial charge in [0.1, 0.15) is 6.79 Å². The summed E-state index contributed by atoms with van der Waals surface area (Å²) in [4.78, 5) is 0. The molecular weight excluding hydrogens is 139 g/mol. The number of aliphatic hydroxyl groups excluding tert-OH is 2. The Bertz CT molecular complexity index is 23.2. The molecular formula is C3H9KO4. The van der Waals surface area contributed by atoms with Crippen molar-refractivity contribution < 1.29 is 71.8 Å². The minimum absolute atomic E-state index is 0. The van der Waals surface area contributed by atoms with Gasteiger partial charge in [-0.2, -0.15) is 0 Å². The molecule has 0 aliphatic rings. The SMILES string of the molecule is OCCOCO.[K+].[OH-]. The fraction of sp³-hybridized carbons (Fsp3) is 1.00. The van der Waals surface area contributed by atoms with Gasteiger partial charge < -0.3 is 20.4 Å². The molecule has 0 bridgehead atoms. The summed E-state index contributed by atoms with van der Waals surface area (Å²) in [6, 6.07) is 0. The molecule has 46 valence electrons. The minimum atomic E-state index is -0.305. The standard InChI is InChI=1S/C3H8O3.K.H2O/c4-1-2-6-3-5;;/h4-5H,1-3H2;;1H2/q;+1;/p-1. The van der Waals surface area contributed by atoms with Gasteiger partial charge in [-0.3, -0.25) is 0 Å². The van der Waals surface area contributed by atoms with Crippen molar-refractivity contribution in [3.8, 4) is 0 Å². The van der Waals surface area contributed by atoms with E-state index >= 15 is 0 Å². The van der Waals surface area contributed by atoms with E-state index in [4.69, 9.17) is 10.2 Å². The smallest absolute Gasteiger partial charge is 0.870 e. The van der Waals surface area contributed by atoms with E-state index in [1.54, 1.807) is 0 Å². The zero-order valence-electron chi connectivity index (χ0n) is 4.87. The van der Waals surface area contributed by atoms with E-state index in [2.05, 4.69) is 4.74 Å². The van der Waals surface area contributed by atoms with Crippen LogP contribution in [0.1, 0.15) is 0 Å². The molecule has 8 heavy (non-hydrogen) atoms. The molecule has 0 aliphatic heterocycles. The van der Waals surface area contributed by atoms with Crippen LogP contribution in [0.3, 0.4) is 0 Å². The number of ether oxygens (including phenoxy) is 1. The number of rotatable bonds is 3. The zero-order chi connectivity index (χ0) is 4.83. The summed E-state index contributed by atoms with van der Waals surface area (Å²) in [6.07, 6.45) is 0. The predicted octanol–water partition coefficient (Wildman–Crippen LogP) is -4.23. The van der Waals surface area contributed by atoms with E-state index in [1.807, 2.05) is 0 Å². The number of hydrogen-bond acceptors (Lipinski definition) is 4. The molecule has 4 nitrogen and oxygen atoms in total. The van der Waals surface area contributed by atoms with Crippen LogP contribution in [0.25, 0.3) is 0 Å². The van der Waals surface area contributed by atoms with Crippen molar-refractivity contribution in [1.82, 2.24) is 0 Å². The first-order valence-corrected chi connectivity index (χ1v) is 1.71. The molecule has 0 rings (SSSR count). The van der Waals surface area contributed by atoms with Crippen LogP contribution in [0.4, 0.5) is 0 Å². The normalized spacial score (nSPS) is 6.75. The molecule has 0 saturated heterocycles. The van der Waals surface area contributed by atoms with E-state index < -0.39 is 0 Å². The van der Waals surface area contributed by atoms with Gasteiger partial charge in [-0.1, -0.05) is 0 Å². The molecule has 0 spiro atoms. The Morgan fingerprint density at radius 3 is 1.88 bits per heavy atom. The Morgan fingerprint density at radius 1 is 1.25 bits per heavy atom. The first-order valence-electron chi connectivity index (χ1n) is 1.71. The maximum atomic E-state index is 7.96. The Kier molecular flexibility index (Phi) is 32.1. The van der Waals surface area contributed by atoms with Gasteiger partial charge in [0.15, 0.2) is 0 Å². The van der Waals surface area contributed by atoms with E-state index in [-0.39, 0.29) is 76.9 Å². The molecule has 0 heterocycles. The molecule has 0 unspecified atom stereocenters. The number of hydrogen-bond donors (Lipinski definition) is 2. The van der Waals surface area contributed by atoms with Crippen LogP contribution < -0.4 is 51.4 Å². The summed E-state index contributed by atoms with van der Waals surface area (Å²) in [6.45, 7) is -0.113. The van der Waals surface area contributed by atoms with Gasteiger partial charge in [0.2, 0.25) is 0 Å². The van der Waals surface area contributed by atoms with E-state index in [9.17, 15) is 0 Å². The third-order valence-corrected chi connectivity index (χ3v) is 0.327. The maximum absolute atomic E-state index is 7.96. The molecule has 5 heteroatoms. The third kappa shape index (κ3) is 15.6. The fourth-order valence-electron chi connectivity index (χ4n) is 0.129. The summed E-state index contributed by atoms with van der Waals surface area (Å²) in [7, 11) is 0. The average Bonchev–Trinajstić information content (AvgIpc) is 1.61. The molecule has 0 saturated carbocycles. The second-order valence-corrected chi connectivity index (χ2v) is 0.761. The van der Waals surface area contributed by atoms with Crippen LogP contribution >= 0.6 is 0 Å². The van der Waals surface area contributed by atoms with E-state index in [0.717, 1.165) is 0 Å². The van der Waals surface area contributed by atoms with Crippen LogP contribution in [-0.2, 0) is 4.74 Å². The molecule has 3 N–H and O–H groups in total. The van der Waals surface area contributed by atoms with Crippen LogP contribution in [0, 0.1) is 0 Å². The van der Waals surface area contributed by atoms with Gasteiger partial charge in [0, 0.05) is 0 Å². The molecule has 0 radical (unpaired) electrons. The molecule has 0 amide bonds. The summed E-state index contributed by atoms with van der Waals surface area (Å²) in [5.74, 6) is 0. The van der Waals surface area contributed by atoms with Gasteiger partial charge in [0.05, 0.1) is 13.2 Å². The molecule has 0 aliphatic carbocycles. The predicted molar refractivity (Wildman–Crippen MR) is 22.1 cm³/mol. The van der Waals surface area contributed by atoms with Crippen molar-refractivity contribution in [2.45, 2.75) is 0 Å². The van der Waals surface area contributed by atoms with Crippen molar-refractivity contribution in [1.29, 1.82) is 0 Å². The summed E-state index contributed by atoms with van der Waals surface area (Å²) >= 11 is 0. The first kappa shape index (κ1) is 16.2. The number of aliphatic hydroxyl groups is 2. The van der Waals surface area contributed by atoms with Crippen LogP contribution in [-0.4, -0.2) is 35.7 Å². The molecule has 0 aromatic carbocycles. The molecule has 0 aromatic heterocycles. The summed E-state index contributed by atoms with van der Waals surface area (Å²) in [5.41, 5.74) is 0. The van der Waals surface area contributed by atoms with Gasteiger partial charge in [-0.25, -0.2) is 0 Å². The topological polar surface area (TPSA) is 79.7 Å². The van der Waals surface area contributed by atoms with Gasteiger partial charge in [0.25, 0.3) is 0 Å². The summed E-state index contributed by atoms with van der Waals surface area (Å²) in [5, 5.41) is 15.8. The Balaban J connectivity index is -0.000000125. The Labute approximate surface area is 90.6 Å². The van der Waals surface area contributed by atoms with Crippen molar-refractivity contribution >= 4 is 0 Å². The quantitative estimate of drug-likeness (QED) is 0.241. The van der Waals surface area contributed by atoms with Gasteiger partial charge in [-0.05, 0) is 0 Å². The molecule has 0 fully saturated rings. The van der Waals surface area contributed by atoms with Crippen LogP contribution in [0.2, 0.25) is 0 Å². The molecule has 0 aromatic rings. The van der Waals surface area contributed by atoms with E-state index in [0.29, 0.717) is 0 Å². The van der Waals surface area contributed by atoms with Gasteiger partial charge in [-0.15, -0.1) is 0 Å². The minimum Gasteiger partial charge on any atom is -0.870 e.